The maximum atomic E-state index is 13.6. The number of benzene rings is 1. The summed E-state index contributed by atoms with van der Waals surface area (Å²) in [6.07, 6.45) is 8.59. The lowest BCUT2D eigenvalue weighted by Crippen LogP contribution is -2.46. The third-order valence-corrected chi connectivity index (χ3v) is 8.69. The normalized spacial score (nSPS) is 21.6. The zero-order valence-electron chi connectivity index (χ0n) is 25.1. The van der Waals surface area contributed by atoms with Crippen molar-refractivity contribution in [2.24, 2.45) is 13.0 Å². The van der Waals surface area contributed by atoms with Crippen LogP contribution in [-0.4, -0.2) is 51.5 Å². The third kappa shape index (κ3) is 5.88. The molecule has 1 aliphatic carbocycles. The summed E-state index contributed by atoms with van der Waals surface area (Å²) in [5, 5.41) is 7.34. The number of fused-ring (bicyclic) bond motifs is 1. The number of aryl methyl sites for hydroxylation is 3. The molecule has 41 heavy (non-hydrogen) atoms. The monoisotopic (exact) mass is 583 g/mol. The summed E-state index contributed by atoms with van der Waals surface area (Å²) >= 11 is 0. The Morgan fingerprint density at radius 2 is 1.85 bits per heavy atom. The molecule has 222 valence electrons. The summed E-state index contributed by atoms with van der Waals surface area (Å²) in [5.74, 6) is 0.405. The van der Waals surface area contributed by atoms with Crippen LogP contribution in [0.4, 0.5) is 0 Å². The van der Waals surface area contributed by atoms with Crippen LogP contribution in [0.1, 0.15) is 72.3 Å². The molecule has 1 aromatic carbocycles. The second-order valence-corrected chi connectivity index (χ2v) is 11.7. The number of carbonyl (C=O) groups is 1. The molecular weight excluding hydrogens is 542 g/mol. The van der Waals surface area contributed by atoms with Gasteiger partial charge in [-0.3, -0.25) is 14.3 Å². The first-order chi connectivity index (χ1) is 19.0. The molecule has 2 aromatic heterocycles. The van der Waals surface area contributed by atoms with Gasteiger partial charge < -0.3 is 24.7 Å². The van der Waals surface area contributed by atoms with Crippen LogP contribution in [0.3, 0.4) is 0 Å². The maximum Gasteiger partial charge on any atom is 0.253 e. The van der Waals surface area contributed by atoms with Gasteiger partial charge in [-0.1, -0.05) is 6.92 Å². The summed E-state index contributed by atoms with van der Waals surface area (Å²) in [5.41, 5.74) is 4.97. The van der Waals surface area contributed by atoms with Gasteiger partial charge in [0.25, 0.3) is 17.3 Å². The number of ether oxygens (including phenoxy) is 2. The number of pyridine rings is 1. The topological polar surface area (TPSA) is 101 Å². The molecule has 1 unspecified atom stereocenters. The Morgan fingerprint density at radius 3 is 2.46 bits per heavy atom. The minimum atomic E-state index is -0.818. The summed E-state index contributed by atoms with van der Waals surface area (Å²) in [4.78, 5) is 31.4. The van der Waals surface area contributed by atoms with Crippen LogP contribution in [0.2, 0.25) is 0 Å². The van der Waals surface area contributed by atoms with Crippen molar-refractivity contribution < 1.29 is 14.3 Å². The van der Waals surface area contributed by atoms with Gasteiger partial charge in [0.15, 0.2) is 11.5 Å². The fourth-order valence-corrected chi connectivity index (χ4v) is 6.24. The van der Waals surface area contributed by atoms with Crippen molar-refractivity contribution in [1.82, 2.24) is 25.0 Å². The Labute approximate surface area is 248 Å². The Morgan fingerprint density at radius 1 is 1.17 bits per heavy atom. The molecule has 1 atom stereocenters. The first-order valence-electron chi connectivity index (χ1n) is 14.2. The fourth-order valence-electron chi connectivity index (χ4n) is 6.24. The number of rotatable bonds is 7. The van der Waals surface area contributed by atoms with Crippen LogP contribution in [0, 0.1) is 19.8 Å². The molecule has 0 radical (unpaired) electrons. The molecule has 1 amide bonds. The Balaban J connectivity index is 0.00000387. The van der Waals surface area contributed by atoms with Crippen LogP contribution in [0.15, 0.2) is 29.3 Å². The highest BCUT2D eigenvalue weighted by Gasteiger charge is 2.47. The molecule has 0 bridgehead atoms. The predicted molar refractivity (Wildman–Crippen MR) is 162 cm³/mol. The van der Waals surface area contributed by atoms with Crippen molar-refractivity contribution in [1.29, 1.82) is 0 Å². The minimum absolute atomic E-state index is 0. The lowest BCUT2D eigenvalue weighted by Gasteiger charge is -2.39. The van der Waals surface area contributed by atoms with Crippen LogP contribution < -0.4 is 20.3 Å². The quantitative estimate of drug-likeness (QED) is 0.410. The molecule has 0 saturated heterocycles. The molecule has 3 heterocycles. The lowest BCUT2D eigenvalue weighted by molar-refractivity contribution is -0.123. The second kappa shape index (κ2) is 11.9. The molecule has 1 saturated carbocycles. The van der Waals surface area contributed by atoms with Crippen molar-refractivity contribution >= 4 is 18.3 Å². The van der Waals surface area contributed by atoms with Crippen LogP contribution in [-0.2, 0) is 20.0 Å². The minimum Gasteiger partial charge on any atom is -0.448 e. The Bertz CT molecular complexity index is 1490. The summed E-state index contributed by atoms with van der Waals surface area (Å²) in [6.45, 7) is 7.93. The van der Waals surface area contributed by atoms with Gasteiger partial charge in [-0.15, -0.1) is 12.4 Å². The molecule has 3 aromatic rings. The number of carbonyl (C=O) groups excluding carboxylic acids is 1. The highest BCUT2D eigenvalue weighted by molar-refractivity contribution is 5.99. The van der Waals surface area contributed by atoms with Gasteiger partial charge in [-0.05, 0) is 77.7 Å². The zero-order valence-corrected chi connectivity index (χ0v) is 25.9. The van der Waals surface area contributed by atoms with Crippen molar-refractivity contribution in [3.63, 3.8) is 0 Å². The van der Waals surface area contributed by atoms with Crippen LogP contribution in [0.25, 0.3) is 11.1 Å². The van der Waals surface area contributed by atoms with Gasteiger partial charge in [0.1, 0.15) is 0 Å². The first-order valence-corrected chi connectivity index (χ1v) is 14.2. The van der Waals surface area contributed by atoms with Gasteiger partial charge in [0.05, 0.1) is 6.20 Å². The van der Waals surface area contributed by atoms with Gasteiger partial charge in [0, 0.05) is 72.2 Å². The molecule has 2 N–H and O–H groups in total. The molecule has 2 aliphatic rings. The molecular formula is C31H42ClN5O4. The number of nitrogens with one attached hydrogen (secondary N) is 2. The SMILES string of the molecule is CCc1cc(C)[nH]c(=O)c1CNC(=O)c1cc(-c2cnn(C)c2)c2c(c1C)OC(C)(C1CCC(N(C)C)CC1)O2.Cl. The number of H-pyrrole nitrogens is 1. The van der Waals surface area contributed by atoms with Crippen LogP contribution >= 0.6 is 12.4 Å². The molecule has 10 heteroatoms. The predicted octanol–water partition coefficient (Wildman–Crippen LogP) is 4.91. The second-order valence-electron chi connectivity index (χ2n) is 11.7. The van der Waals surface area contributed by atoms with E-state index in [9.17, 15) is 9.59 Å². The van der Waals surface area contributed by atoms with E-state index in [1.54, 1.807) is 10.9 Å². The highest BCUT2D eigenvalue weighted by Crippen LogP contribution is 2.52. The number of hydrogen-bond donors (Lipinski definition) is 2. The molecule has 5 rings (SSSR count). The summed E-state index contributed by atoms with van der Waals surface area (Å²) in [7, 11) is 6.14. The maximum absolute atomic E-state index is 13.6. The van der Waals surface area contributed by atoms with E-state index >= 15 is 0 Å². The number of nitrogens with zero attached hydrogens (tertiary/aromatic N) is 3. The number of halogens is 1. The number of hydrogen-bond acceptors (Lipinski definition) is 6. The van der Waals surface area contributed by atoms with Gasteiger partial charge in [0.2, 0.25) is 0 Å². The van der Waals surface area contributed by atoms with Crippen molar-refractivity contribution in [3.8, 4) is 22.6 Å². The average Bonchev–Trinajstić information content (AvgIpc) is 3.52. The van der Waals surface area contributed by atoms with Crippen molar-refractivity contribution in [2.45, 2.75) is 78.2 Å². The summed E-state index contributed by atoms with van der Waals surface area (Å²) in [6, 6.07) is 4.39. The smallest absolute Gasteiger partial charge is 0.253 e. The van der Waals surface area contributed by atoms with Gasteiger partial charge in [-0.2, -0.15) is 5.10 Å². The van der Waals surface area contributed by atoms with Crippen molar-refractivity contribution in [2.75, 3.05) is 14.1 Å². The fraction of sp³-hybridized carbons (Fsp3) is 0.516. The van der Waals surface area contributed by atoms with E-state index < -0.39 is 5.79 Å². The van der Waals surface area contributed by atoms with E-state index in [1.807, 2.05) is 53.1 Å². The van der Waals surface area contributed by atoms with E-state index in [0.717, 1.165) is 53.6 Å². The largest absolute Gasteiger partial charge is 0.448 e. The average molecular weight is 584 g/mol. The van der Waals surface area contributed by atoms with Crippen LogP contribution in [0.5, 0.6) is 11.5 Å². The number of aromatic nitrogens is 3. The standard InChI is InChI=1S/C31H41N5O4.ClH/c1-8-20-13-18(2)34-30(38)26(20)16-32-29(37)24-14-25(21-15-33-36(7)17-21)28-27(19(24)3)39-31(4,40-28)22-9-11-23(12-10-22)35(5)6;/h13-15,17,22-23H,8-12,16H2,1-7H3,(H,32,37)(H,34,38);1H. The lowest BCUT2D eigenvalue weighted by atomic mass is 9.81. The highest BCUT2D eigenvalue weighted by atomic mass is 35.5. The van der Waals surface area contributed by atoms with E-state index in [-0.39, 0.29) is 36.3 Å². The van der Waals surface area contributed by atoms with E-state index in [1.165, 1.54) is 0 Å². The molecule has 1 fully saturated rings. The van der Waals surface area contributed by atoms with E-state index in [4.69, 9.17) is 9.47 Å². The van der Waals surface area contributed by atoms with E-state index in [0.29, 0.717) is 35.1 Å². The zero-order chi connectivity index (χ0) is 28.8. The Hall–Kier alpha value is -3.30. The van der Waals surface area contributed by atoms with Gasteiger partial charge in [-0.25, -0.2) is 0 Å². The number of amides is 1. The molecule has 1 aliphatic heterocycles. The first kappa shape index (κ1) is 30.7. The van der Waals surface area contributed by atoms with Crippen molar-refractivity contribution in [3.05, 3.63) is 62.8 Å². The van der Waals surface area contributed by atoms with E-state index in [2.05, 4.69) is 34.4 Å². The third-order valence-electron chi connectivity index (χ3n) is 8.69. The van der Waals surface area contributed by atoms with Gasteiger partial charge >= 0.3 is 0 Å². The molecule has 9 nitrogen and oxygen atoms in total. The number of aromatic amines is 1. The molecule has 0 spiro atoms. The Kier molecular flexibility index (Phi) is 8.90. The summed E-state index contributed by atoms with van der Waals surface area (Å²) < 4.78 is 15.1.